The number of hydrogen-bond acceptors (Lipinski definition) is 3. The van der Waals surface area contributed by atoms with E-state index in [-0.39, 0.29) is 0 Å². The third-order valence-corrected chi connectivity index (χ3v) is 4.23. The maximum atomic E-state index is 5.81. The predicted molar refractivity (Wildman–Crippen MR) is 73.9 cm³/mol. The molecule has 3 nitrogen and oxygen atoms in total. The van der Waals surface area contributed by atoms with Gasteiger partial charge in [-0.15, -0.1) is 0 Å². The lowest BCUT2D eigenvalue weighted by molar-refractivity contribution is 0.301. The Bertz CT molecular complexity index is 533. The fourth-order valence-electron chi connectivity index (χ4n) is 1.85. The lowest BCUT2D eigenvalue weighted by atomic mass is 10.1. The van der Waals surface area contributed by atoms with Gasteiger partial charge in [0.05, 0.1) is 11.3 Å². The van der Waals surface area contributed by atoms with Gasteiger partial charge in [-0.25, -0.2) is 0 Å². The van der Waals surface area contributed by atoms with Crippen LogP contribution in [0.25, 0.3) is 0 Å². The SMILES string of the molecule is Cc1cc(OCc2c(C)noc2C)cc(C)c1Br. The van der Waals surface area contributed by atoms with Gasteiger partial charge in [0.2, 0.25) is 0 Å². The topological polar surface area (TPSA) is 35.3 Å². The van der Waals surface area contributed by atoms with E-state index in [1.165, 1.54) is 11.1 Å². The monoisotopic (exact) mass is 309 g/mol. The van der Waals surface area contributed by atoms with Crippen LogP contribution in [0.4, 0.5) is 0 Å². The normalized spacial score (nSPS) is 10.7. The summed E-state index contributed by atoms with van der Waals surface area (Å²) in [6.07, 6.45) is 0. The van der Waals surface area contributed by atoms with Crippen molar-refractivity contribution in [3.8, 4) is 5.75 Å². The third-order valence-electron chi connectivity index (χ3n) is 2.97. The van der Waals surface area contributed by atoms with E-state index >= 15 is 0 Å². The minimum Gasteiger partial charge on any atom is -0.489 e. The summed E-state index contributed by atoms with van der Waals surface area (Å²) in [7, 11) is 0. The Hall–Kier alpha value is -1.29. The standard InChI is InChI=1S/C14H16BrNO2/c1-8-5-12(6-9(2)14(8)15)17-7-13-10(3)16-18-11(13)4/h5-6H,7H2,1-4H3. The van der Waals surface area contributed by atoms with Crippen LogP contribution in [0, 0.1) is 27.7 Å². The Balaban J connectivity index is 2.16. The van der Waals surface area contributed by atoms with E-state index in [0.29, 0.717) is 6.61 Å². The molecule has 4 heteroatoms. The van der Waals surface area contributed by atoms with Crippen molar-refractivity contribution in [3.05, 3.63) is 44.7 Å². The highest BCUT2D eigenvalue weighted by molar-refractivity contribution is 9.10. The van der Waals surface area contributed by atoms with Gasteiger partial charge in [-0.3, -0.25) is 0 Å². The second-order valence-electron chi connectivity index (χ2n) is 4.46. The van der Waals surface area contributed by atoms with E-state index in [1.54, 1.807) is 0 Å². The summed E-state index contributed by atoms with van der Waals surface area (Å²) < 4.78 is 12.1. The van der Waals surface area contributed by atoms with Crippen molar-refractivity contribution in [1.82, 2.24) is 5.16 Å². The van der Waals surface area contributed by atoms with Crippen LogP contribution >= 0.6 is 15.9 Å². The minimum atomic E-state index is 0.488. The van der Waals surface area contributed by atoms with Gasteiger partial charge in [0.1, 0.15) is 18.1 Å². The first-order valence-corrected chi connectivity index (χ1v) is 6.59. The summed E-state index contributed by atoms with van der Waals surface area (Å²) in [4.78, 5) is 0. The molecule has 0 saturated carbocycles. The molecule has 0 bridgehead atoms. The molecule has 2 aromatic rings. The van der Waals surface area contributed by atoms with Crippen LogP contribution in [-0.2, 0) is 6.61 Å². The van der Waals surface area contributed by atoms with Crippen LogP contribution in [0.2, 0.25) is 0 Å². The molecule has 96 valence electrons. The van der Waals surface area contributed by atoms with E-state index in [0.717, 1.165) is 27.2 Å². The first-order chi connectivity index (χ1) is 8.49. The number of benzene rings is 1. The highest BCUT2D eigenvalue weighted by atomic mass is 79.9. The molecule has 0 fully saturated rings. The number of aromatic nitrogens is 1. The Labute approximate surface area is 115 Å². The third kappa shape index (κ3) is 2.58. The molecular formula is C14H16BrNO2. The van der Waals surface area contributed by atoms with Gasteiger partial charge in [-0.2, -0.15) is 0 Å². The summed E-state index contributed by atoms with van der Waals surface area (Å²) in [5, 5.41) is 3.92. The number of hydrogen-bond donors (Lipinski definition) is 0. The zero-order chi connectivity index (χ0) is 13.3. The molecule has 0 radical (unpaired) electrons. The lowest BCUT2D eigenvalue weighted by Crippen LogP contribution is -1.98. The van der Waals surface area contributed by atoms with Crippen LogP contribution in [-0.4, -0.2) is 5.16 Å². The highest BCUT2D eigenvalue weighted by Gasteiger charge is 2.10. The number of aryl methyl sites for hydroxylation is 4. The zero-order valence-electron chi connectivity index (χ0n) is 11.0. The fraction of sp³-hybridized carbons (Fsp3) is 0.357. The molecule has 18 heavy (non-hydrogen) atoms. The van der Waals surface area contributed by atoms with Gasteiger partial charge in [-0.1, -0.05) is 21.1 Å². The smallest absolute Gasteiger partial charge is 0.140 e. The van der Waals surface area contributed by atoms with Crippen molar-refractivity contribution in [2.45, 2.75) is 34.3 Å². The number of nitrogens with zero attached hydrogens (tertiary/aromatic N) is 1. The first-order valence-electron chi connectivity index (χ1n) is 5.80. The van der Waals surface area contributed by atoms with Gasteiger partial charge in [0.25, 0.3) is 0 Å². The second-order valence-corrected chi connectivity index (χ2v) is 5.26. The molecule has 0 amide bonds. The van der Waals surface area contributed by atoms with E-state index in [4.69, 9.17) is 9.26 Å². The van der Waals surface area contributed by atoms with E-state index < -0.39 is 0 Å². The molecule has 2 rings (SSSR count). The maximum Gasteiger partial charge on any atom is 0.140 e. The average Bonchev–Trinajstić information content (AvgIpc) is 2.63. The molecule has 0 unspecified atom stereocenters. The molecule has 0 atom stereocenters. The summed E-state index contributed by atoms with van der Waals surface area (Å²) in [5.74, 6) is 1.69. The van der Waals surface area contributed by atoms with Crippen LogP contribution in [0.3, 0.4) is 0 Å². The molecule has 1 heterocycles. The number of rotatable bonds is 3. The highest BCUT2D eigenvalue weighted by Crippen LogP contribution is 2.27. The fourth-order valence-corrected chi connectivity index (χ4v) is 2.08. The number of halogens is 1. The zero-order valence-corrected chi connectivity index (χ0v) is 12.6. The van der Waals surface area contributed by atoms with Gasteiger partial charge >= 0.3 is 0 Å². The van der Waals surface area contributed by atoms with Crippen LogP contribution in [0.1, 0.15) is 28.1 Å². The maximum absolute atomic E-state index is 5.81. The van der Waals surface area contributed by atoms with E-state index in [9.17, 15) is 0 Å². The molecular weight excluding hydrogens is 294 g/mol. The Morgan fingerprint density at radius 3 is 2.28 bits per heavy atom. The molecule has 1 aromatic heterocycles. The summed E-state index contributed by atoms with van der Waals surface area (Å²) in [6.45, 7) is 8.42. The van der Waals surface area contributed by atoms with Crippen molar-refractivity contribution < 1.29 is 9.26 Å². The number of ether oxygens (including phenoxy) is 1. The van der Waals surface area contributed by atoms with Crippen LogP contribution in [0.5, 0.6) is 5.75 Å². The van der Waals surface area contributed by atoms with Crippen LogP contribution in [0.15, 0.2) is 21.1 Å². The molecule has 0 aliphatic carbocycles. The van der Waals surface area contributed by atoms with E-state index in [2.05, 4.69) is 34.9 Å². The van der Waals surface area contributed by atoms with Crippen molar-refractivity contribution >= 4 is 15.9 Å². The largest absolute Gasteiger partial charge is 0.489 e. The van der Waals surface area contributed by atoms with Crippen molar-refractivity contribution in [3.63, 3.8) is 0 Å². The van der Waals surface area contributed by atoms with Gasteiger partial charge < -0.3 is 9.26 Å². The molecule has 0 aliphatic heterocycles. The van der Waals surface area contributed by atoms with Gasteiger partial charge in [0.15, 0.2) is 0 Å². The van der Waals surface area contributed by atoms with Gasteiger partial charge in [0, 0.05) is 4.47 Å². The predicted octanol–water partition coefficient (Wildman–Crippen LogP) is 4.25. The first kappa shape index (κ1) is 13.1. The lowest BCUT2D eigenvalue weighted by Gasteiger charge is -2.10. The quantitative estimate of drug-likeness (QED) is 0.850. The molecule has 0 N–H and O–H groups in total. The van der Waals surface area contributed by atoms with Crippen molar-refractivity contribution in [2.75, 3.05) is 0 Å². The Kier molecular flexibility index (Phi) is 3.76. The summed E-state index contributed by atoms with van der Waals surface area (Å²) in [5.41, 5.74) is 4.25. The second kappa shape index (κ2) is 5.14. The summed E-state index contributed by atoms with van der Waals surface area (Å²) in [6, 6.07) is 4.05. The summed E-state index contributed by atoms with van der Waals surface area (Å²) >= 11 is 3.55. The van der Waals surface area contributed by atoms with E-state index in [1.807, 2.05) is 26.0 Å². The molecule has 0 saturated heterocycles. The van der Waals surface area contributed by atoms with Crippen molar-refractivity contribution in [2.24, 2.45) is 0 Å². The minimum absolute atomic E-state index is 0.488. The van der Waals surface area contributed by atoms with Gasteiger partial charge in [-0.05, 0) is 51.0 Å². The van der Waals surface area contributed by atoms with Crippen molar-refractivity contribution in [1.29, 1.82) is 0 Å². The molecule has 0 spiro atoms. The Morgan fingerprint density at radius 2 is 1.78 bits per heavy atom. The molecule has 0 aliphatic rings. The average molecular weight is 310 g/mol. The Morgan fingerprint density at radius 1 is 1.17 bits per heavy atom. The molecule has 1 aromatic carbocycles. The van der Waals surface area contributed by atoms with Crippen LogP contribution < -0.4 is 4.74 Å².